The standard InChI is InChI=1S/C16H23N3O3S/c1-3-12(13-17-10(2)8-23-13)18-15(22)19-7-11-5-4-6-16(11,9-19)14(20)21/h8,11-12H,3-7,9H2,1-2H3,(H,18,22)(H,20,21)/t11-,12?,16+/m0/s1. The Bertz CT molecular complexity index is 617. The number of urea groups is 1. The van der Waals surface area contributed by atoms with Crippen molar-refractivity contribution in [1.29, 1.82) is 0 Å². The highest BCUT2D eigenvalue weighted by atomic mass is 32.1. The summed E-state index contributed by atoms with van der Waals surface area (Å²) in [5.41, 5.74) is 0.231. The third-order valence-electron chi connectivity index (χ3n) is 5.22. The number of hydrogen-bond acceptors (Lipinski definition) is 4. The molecule has 0 aromatic carbocycles. The number of nitrogens with zero attached hydrogens (tertiary/aromatic N) is 2. The number of aromatic nitrogens is 1. The third kappa shape index (κ3) is 2.82. The Hall–Kier alpha value is -1.63. The summed E-state index contributed by atoms with van der Waals surface area (Å²) in [6.45, 7) is 4.82. The summed E-state index contributed by atoms with van der Waals surface area (Å²) in [5.74, 6) is -0.661. The van der Waals surface area contributed by atoms with Gasteiger partial charge in [0.1, 0.15) is 5.01 Å². The van der Waals surface area contributed by atoms with Crippen molar-refractivity contribution in [2.24, 2.45) is 11.3 Å². The van der Waals surface area contributed by atoms with Crippen LogP contribution in [0.3, 0.4) is 0 Å². The van der Waals surface area contributed by atoms with Crippen molar-refractivity contribution in [3.63, 3.8) is 0 Å². The van der Waals surface area contributed by atoms with Crippen LogP contribution < -0.4 is 5.32 Å². The number of likely N-dealkylation sites (tertiary alicyclic amines) is 1. The lowest BCUT2D eigenvalue weighted by Gasteiger charge is -2.24. The van der Waals surface area contributed by atoms with Crippen LogP contribution in [-0.4, -0.2) is 40.1 Å². The minimum atomic E-state index is -0.752. The van der Waals surface area contributed by atoms with Gasteiger partial charge in [0.2, 0.25) is 0 Å². The molecule has 1 aliphatic carbocycles. The van der Waals surface area contributed by atoms with Crippen LogP contribution in [0.1, 0.15) is 49.4 Å². The van der Waals surface area contributed by atoms with Gasteiger partial charge in [0, 0.05) is 24.2 Å². The molecule has 1 unspecified atom stereocenters. The first kappa shape index (κ1) is 16.2. The van der Waals surface area contributed by atoms with E-state index < -0.39 is 11.4 Å². The SMILES string of the molecule is CCC(NC(=O)N1C[C@@H]2CCC[C@@]2(C(=O)O)C1)c1nc(C)cs1. The van der Waals surface area contributed by atoms with E-state index in [0.29, 0.717) is 19.5 Å². The highest BCUT2D eigenvalue weighted by Gasteiger charge is 2.55. The quantitative estimate of drug-likeness (QED) is 0.885. The van der Waals surface area contributed by atoms with E-state index in [1.165, 1.54) is 0 Å². The molecule has 1 saturated carbocycles. The van der Waals surface area contributed by atoms with Gasteiger partial charge in [0.25, 0.3) is 0 Å². The highest BCUT2D eigenvalue weighted by Crippen LogP contribution is 2.48. The van der Waals surface area contributed by atoms with Gasteiger partial charge in [-0.15, -0.1) is 11.3 Å². The maximum Gasteiger partial charge on any atom is 0.318 e. The molecule has 2 N–H and O–H groups in total. The minimum Gasteiger partial charge on any atom is -0.481 e. The minimum absolute atomic E-state index is 0.0907. The number of thiazole rings is 1. The molecule has 0 bridgehead atoms. The van der Waals surface area contributed by atoms with Gasteiger partial charge in [0.15, 0.2) is 0 Å². The molecule has 0 spiro atoms. The second kappa shape index (κ2) is 6.11. The highest BCUT2D eigenvalue weighted by molar-refractivity contribution is 7.09. The number of nitrogens with one attached hydrogen (secondary N) is 1. The van der Waals surface area contributed by atoms with Crippen molar-refractivity contribution in [1.82, 2.24) is 15.2 Å². The molecule has 126 valence electrons. The van der Waals surface area contributed by atoms with E-state index in [4.69, 9.17) is 0 Å². The van der Waals surface area contributed by atoms with Crippen molar-refractivity contribution in [3.8, 4) is 0 Å². The fraction of sp³-hybridized carbons (Fsp3) is 0.688. The van der Waals surface area contributed by atoms with Gasteiger partial charge in [-0.25, -0.2) is 9.78 Å². The van der Waals surface area contributed by atoms with Gasteiger partial charge in [-0.3, -0.25) is 4.79 Å². The monoisotopic (exact) mass is 337 g/mol. The molecular weight excluding hydrogens is 314 g/mol. The van der Waals surface area contributed by atoms with Gasteiger partial charge in [-0.1, -0.05) is 13.3 Å². The van der Waals surface area contributed by atoms with Gasteiger partial charge in [-0.05, 0) is 32.1 Å². The number of carbonyl (C=O) groups excluding carboxylic acids is 1. The van der Waals surface area contributed by atoms with Crippen LogP contribution in [0.2, 0.25) is 0 Å². The van der Waals surface area contributed by atoms with Crippen LogP contribution in [0.25, 0.3) is 0 Å². The molecule has 1 saturated heterocycles. The molecular formula is C16H23N3O3S. The van der Waals surface area contributed by atoms with E-state index in [1.54, 1.807) is 16.2 Å². The predicted octanol–water partition coefficient (Wildman–Crippen LogP) is 2.80. The molecule has 3 atom stereocenters. The fourth-order valence-electron chi connectivity index (χ4n) is 3.90. The number of carboxylic acids is 1. The third-order valence-corrected chi connectivity index (χ3v) is 6.30. The maximum atomic E-state index is 12.6. The van der Waals surface area contributed by atoms with Gasteiger partial charge >= 0.3 is 12.0 Å². The second-order valence-electron chi connectivity index (χ2n) is 6.67. The second-order valence-corrected chi connectivity index (χ2v) is 7.56. The molecule has 6 nitrogen and oxygen atoms in total. The Morgan fingerprint density at radius 1 is 1.61 bits per heavy atom. The summed E-state index contributed by atoms with van der Waals surface area (Å²) < 4.78 is 0. The molecule has 7 heteroatoms. The van der Waals surface area contributed by atoms with E-state index in [-0.39, 0.29) is 18.0 Å². The Morgan fingerprint density at radius 2 is 2.39 bits per heavy atom. The predicted molar refractivity (Wildman–Crippen MR) is 87.4 cm³/mol. The fourth-order valence-corrected chi connectivity index (χ4v) is 4.84. The van der Waals surface area contributed by atoms with Crippen LogP contribution in [0.15, 0.2) is 5.38 Å². The molecule has 23 heavy (non-hydrogen) atoms. The van der Waals surface area contributed by atoms with Gasteiger partial charge < -0.3 is 15.3 Å². The first-order chi connectivity index (χ1) is 11.0. The number of carbonyl (C=O) groups is 2. The van der Waals surface area contributed by atoms with E-state index >= 15 is 0 Å². The molecule has 3 rings (SSSR count). The number of rotatable bonds is 4. The lowest BCUT2D eigenvalue weighted by molar-refractivity contribution is -0.149. The van der Waals surface area contributed by atoms with Crippen LogP contribution in [-0.2, 0) is 4.79 Å². The number of fused-ring (bicyclic) bond motifs is 1. The average molecular weight is 337 g/mol. The van der Waals surface area contributed by atoms with Crippen molar-refractivity contribution < 1.29 is 14.7 Å². The Morgan fingerprint density at radius 3 is 2.96 bits per heavy atom. The molecule has 2 fully saturated rings. The molecule has 0 radical (unpaired) electrons. The summed E-state index contributed by atoms with van der Waals surface area (Å²) in [7, 11) is 0. The van der Waals surface area contributed by atoms with Gasteiger partial charge in [0.05, 0.1) is 11.5 Å². The largest absolute Gasteiger partial charge is 0.481 e. The van der Waals surface area contributed by atoms with Crippen LogP contribution in [0.5, 0.6) is 0 Å². The number of aliphatic carboxylic acids is 1. The summed E-state index contributed by atoms with van der Waals surface area (Å²) in [6, 6.07) is -0.276. The van der Waals surface area contributed by atoms with Crippen molar-refractivity contribution in [2.45, 2.75) is 45.6 Å². The van der Waals surface area contributed by atoms with Crippen LogP contribution in [0.4, 0.5) is 4.79 Å². The number of aryl methyl sites for hydroxylation is 1. The molecule has 2 aliphatic rings. The first-order valence-electron chi connectivity index (χ1n) is 8.17. The zero-order chi connectivity index (χ0) is 16.6. The number of hydrogen-bond donors (Lipinski definition) is 2. The summed E-state index contributed by atoms with van der Waals surface area (Å²) >= 11 is 1.55. The zero-order valence-corrected chi connectivity index (χ0v) is 14.4. The number of carboxylic acid groups (broad SMARTS) is 1. The van der Waals surface area contributed by atoms with Crippen molar-refractivity contribution in [2.75, 3.05) is 13.1 Å². The molecule has 1 aromatic rings. The van der Waals surface area contributed by atoms with Gasteiger partial charge in [-0.2, -0.15) is 0 Å². The Kier molecular flexibility index (Phi) is 4.31. The van der Waals surface area contributed by atoms with E-state index in [9.17, 15) is 14.7 Å². The van der Waals surface area contributed by atoms with Crippen molar-refractivity contribution >= 4 is 23.3 Å². The smallest absolute Gasteiger partial charge is 0.318 e. The Balaban J connectivity index is 1.68. The lowest BCUT2D eigenvalue weighted by Crippen LogP contribution is -2.42. The maximum absolute atomic E-state index is 12.6. The molecule has 2 amide bonds. The first-order valence-corrected chi connectivity index (χ1v) is 9.05. The molecule has 2 heterocycles. The van der Waals surface area contributed by atoms with Crippen LogP contribution in [0, 0.1) is 18.3 Å². The van der Waals surface area contributed by atoms with Crippen LogP contribution >= 0.6 is 11.3 Å². The normalized spacial score (nSPS) is 27.7. The van der Waals surface area contributed by atoms with E-state index in [2.05, 4.69) is 10.3 Å². The summed E-state index contributed by atoms with van der Waals surface area (Å²) in [4.78, 5) is 30.4. The number of amides is 2. The topological polar surface area (TPSA) is 82.5 Å². The molecule has 1 aliphatic heterocycles. The van der Waals surface area contributed by atoms with E-state index in [0.717, 1.165) is 30.0 Å². The Labute approximate surface area is 139 Å². The average Bonchev–Trinajstić information content (AvgIpc) is 3.17. The van der Waals surface area contributed by atoms with Crippen molar-refractivity contribution in [3.05, 3.63) is 16.1 Å². The lowest BCUT2D eigenvalue weighted by atomic mass is 9.81. The zero-order valence-electron chi connectivity index (χ0n) is 13.5. The molecule has 1 aromatic heterocycles. The summed E-state index contributed by atoms with van der Waals surface area (Å²) in [6.07, 6.45) is 3.29. The van der Waals surface area contributed by atoms with E-state index in [1.807, 2.05) is 19.2 Å². The summed E-state index contributed by atoms with van der Waals surface area (Å²) in [5, 5.41) is 15.5.